The Bertz CT molecular complexity index is 354. The third-order valence-electron chi connectivity index (χ3n) is 4.64. The summed E-state index contributed by atoms with van der Waals surface area (Å²) in [5, 5.41) is 2.97. The van der Waals surface area contributed by atoms with Crippen LogP contribution in [0.4, 0.5) is 4.79 Å². The number of imide groups is 1. The summed E-state index contributed by atoms with van der Waals surface area (Å²) in [4.78, 5) is 26.1. The van der Waals surface area contributed by atoms with E-state index in [4.69, 9.17) is 0 Å². The minimum absolute atomic E-state index is 0.0295. The summed E-state index contributed by atoms with van der Waals surface area (Å²) >= 11 is 0. The minimum atomic E-state index is -0.552. The summed E-state index contributed by atoms with van der Waals surface area (Å²) in [6.45, 7) is 7.65. The van der Waals surface area contributed by atoms with E-state index in [2.05, 4.69) is 5.32 Å². The molecule has 1 N–H and O–H groups in total. The van der Waals surface area contributed by atoms with Gasteiger partial charge < -0.3 is 5.32 Å². The van der Waals surface area contributed by atoms with Crippen LogP contribution in [-0.4, -0.2) is 28.4 Å². The number of hydrogen-bond acceptors (Lipinski definition) is 2. The maximum absolute atomic E-state index is 12.5. The van der Waals surface area contributed by atoms with Crippen LogP contribution in [0.2, 0.25) is 0 Å². The van der Waals surface area contributed by atoms with Crippen molar-refractivity contribution in [1.29, 1.82) is 0 Å². The highest BCUT2D eigenvalue weighted by atomic mass is 16.2. The van der Waals surface area contributed by atoms with Crippen LogP contribution in [0.3, 0.4) is 0 Å². The third-order valence-corrected chi connectivity index (χ3v) is 4.64. The fraction of sp³-hybridized carbons (Fsp3) is 0.846. The molecule has 2 rings (SSSR count). The van der Waals surface area contributed by atoms with Crippen molar-refractivity contribution in [2.24, 2.45) is 5.41 Å². The lowest BCUT2D eigenvalue weighted by Gasteiger charge is -2.49. The molecule has 3 amide bonds. The fourth-order valence-electron chi connectivity index (χ4n) is 2.64. The molecule has 2 aliphatic rings. The Morgan fingerprint density at radius 2 is 1.65 bits per heavy atom. The van der Waals surface area contributed by atoms with Crippen LogP contribution < -0.4 is 5.32 Å². The first-order valence-corrected chi connectivity index (χ1v) is 6.43. The minimum Gasteiger partial charge on any atom is -0.332 e. The molecule has 0 aromatic heterocycles. The molecule has 0 spiro atoms. The monoisotopic (exact) mass is 238 g/mol. The first-order valence-electron chi connectivity index (χ1n) is 6.43. The molecule has 0 bridgehead atoms. The second-order valence-electron chi connectivity index (χ2n) is 6.29. The Hall–Kier alpha value is -1.06. The third kappa shape index (κ3) is 1.74. The van der Waals surface area contributed by atoms with Crippen LogP contribution in [0.25, 0.3) is 0 Å². The lowest BCUT2D eigenvalue weighted by atomic mass is 9.71. The lowest BCUT2D eigenvalue weighted by molar-refractivity contribution is -0.146. The zero-order chi connectivity index (χ0) is 12.8. The van der Waals surface area contributed by atoms with Gasteiger partial charge in [-0.25, -0.2) is 4.79 Å². The quantitative estimate of drug-likeness (QED) is 0.762. The largest absolute Gasteiger partial charge is 0.332 e. The van der Waals surface area contributed by atoms with E-state index < -0.39 is 11.0 Å². The summed E-state index contributed by atoms with van der Waals surface area (Å²) in [5.41, 5.74) is -1.04. The SMILES string of the molecule is CC1(C)NC(=O)N(C2CCCC2)C(=O)C1(C)C. The van der Waals surface area contributed by atoms with E-state index in [9.17, 15) is 9.59 Å². The van der Waals surface area contributed by atoms with Gasteiger partial charge in [0.15, 0.2) is 0 Å². The molecule has 0 aromatic carbocycles. The van der Waals surface area contributed by atoms with Gasteiger partial charge in [0.05, 0.1) is 11.0 Å². The topological polar surface area (TPSA) is 49.4 Å². The molecule has 0 unspecified atom stereocenters. The average molecular weight is 238 g/mol. The van der Waals surface area contributed by atoms with Crippen molar-refractivity contribution in [2.75, 3.05) is 0 Å². The van der Waals surface area contributed by atoms with Crippen molar-refractivity contribution in [2.45, 2.75) is 65.0 Å². The lowest BCUT2D eigenvalue weighted by Crippen LogP contribution is -2.70. The highest BCUT2D eigenvalue weighted by molar-refractivity contribution is 6.01. The number of hydrogen-bond donors (Lipinski definition) is 1. The van der Waals surface area contributed by atoms with E-state index in [0.29, 0.717) is 0 Å². The molecular formula is C13H22N2O2. The van der Waals surface area contributed by atoms with Gasteiger partial charge in [0.2, 0.25) is 5.91 Å². The normalized spacial score (nSPS) is 28.4. The summed E-state index contributed by atoms with van der Waals surface area (Å²) < 4.78 is 0. The Labute approximate surface area is 103 Å². The molecule has 1 heterocycles. The van der Waals surface area contributed by atoms with Gasteiger partial charge in [-0.2, -0.15) is 0 Å². The molecule has 0 atom stereocenters. The number of nitrogens with one attached hydrogen (secondary N) is 1. The number of carbonyl (C=O) groups is 2. The average Bonchev–Trinajstić information content (AvgIpc) is 2.68. The molecule has 2 fully saturated rings. The number of nitrogens with zero attached hydrogens (tertiary/aromatic N) is 1. The summed E-state index contributed by atoms with van der Waals surface area (Å²) in [6, 6.07) is -0.107. The molecule has 1 aliphatic carbocycles. The molecular weight excluding hydrogens is 216 g/mol. The van der Waals surface area contributed by atoms with E-state index in [-0.39, 0.29) is 18.0 Å². The van der Waals surface area contributed by atoms with E-state index in [1.165, 1.54) is 4.90 Å². The van der Waals surface area contributed by atoms with Gasteiger partial charge >= 0.3 is 6.03 Å². The zero-order valence-electron chi connectivity index (χ0n) is 11.2. The standard InChI is InChI=1S/C13H22N2O2/c1-12(2)10(16)15(9-7-5-6-8-9)11(17)14-13(12,3)4/h9H,5-8H2,1-4H3,(H,14,17). The molecule has 0 aromatic rings. The van der Waals surface area contributed by atoms with E-state index in [0.717, 1.165) is 25.7 Å². The van der Waals surface area contributed by atoms with Crippen molar-refractivity contribution >= 4 is 11.9 Å². The van der Waals surface area contributed by atoms with Crippen LogP contribution in [0.5, 0.6) is 0 Å². The Morgan fingerprint density at radius 1 is 1.12 bits per heavy atom. The Kier molecular flexibility index (Phi) is 2.71. The van der Waals surface area contributed by atoms with E-state index in [1.54, 1.807) is 0 Å². The molecule has 0 radical (unpaired) electrons. The van der Waals surface area contributed by atoms with Crippen LogP contribution in [0, 0.1) is 5.41 Å². The summed E-state index contributed by atoms with van der Waals surface area (Å²) in [5.74, 6) is -0.0295. The van der Waals surface area contributed by atoms with Gasteiger partial charge in [-0.3, -0.25) is 9.69 Å². The van der Waals surface area contributed by atoms with Crippen molar-refractivity contribution in [1.82, 2.24) is 10.2 Å². The second kappa shape index (κ2) is 3.72. The number of rotatable bonds is 1. The Morgan fingerprint density at radius 3 is 2.18 bits per heavy atom. The van der Waals surface area contributed by atoms with Gasteiger partial charge in [-0.15, -0.1) is 0 Å². The van der Waals surface area contributed by atoms with Crippen molar-refractivity contribution < 1.29 is 9.59 Å². The smallest absolute Gasteiger partial charge is 0.324 e. The predicted molar refractivity (Wildman–Crippen MR) is 65.5 cm³/mol. The Balaban J connectivity index is 2.30. The van der Waals surface area contributed by atoms with Gasteiger partial charge in [0, 0.05) is 6.04 Å². The first-order chi connectivity index (χ1) is 7.77. The first kappa shape index (κ1) is 12.4. The summed E-state index contributed by atoms with van der Waals surface area (Å²) in [6.07, 6.45) is 4.14. The maximum Gasteiger partial charge on any atom is 0.324 e. The summed E-state index contributed by atoms with van der Waals surface area (Å²) in [7, 11) is 0. The molecule has 4 heteroatoms. The highest BCUT2D eigenvalue weighted by Crippen LogP contribution is 2.38. The van der Waals surface area contributed by atoms with Crippen LogP contribution in [0.15, 0.2) is 0 Å². The number of carbonyl (C=O) groups excluding carboxylic acids is 2. The fourth-order valence-corrected chi connectivity index (χ4v) is 2.64. The molecule has 17 heavy (non-hydrogen) atoms. The van der Waals surface area contributed by atoms with Crippen LogP contribution in [-0.2, 0) is 4.79 Å². The number of amides is 3. The van der Waals surface area contributed by atoms with Gasteiger partial charge in [-0.1, -0.05) is 12.8 Å². The van der Waals surface area contributed by atoms with Gasteiger partial charge in [0.1, 0.15) is 0 Å². The number of urea groups is 1. The van der Waals surface area contributed by atoms with Crippen molar-refractivity contribution in [3.05, 3.63) is 0 Å². The van der Waals surface area contributed by atoms with Gasteiger partial charge in [0.25, 0.3) is 0 Å². The predicted octanol–water partition coefficient (Wildman–Crippen LogP) is 2.29. The molecule has 96 valence electrons. The maximum atomic E-state index is 12.5. The molecule has 1 saturated heterocycles. The van der Waals surface area contributed by atoms with E-state index in [1.807, 2.05) is 27.7 Å². The van der Waals surface area contributed by atoms with E-state index >= 15 is 0 Å². The zero-order valence-corrected chi connectivity index (χ0v) is 11.2. The van der Waals surface area contributed by atoms with Crippen LogP contribution in [0.1, 0.15) is 53.4 Å². The van der Waals surface area contributed by atoms with Gasteiger partial charge in [-0.05, 0) is 40.5 Å². The van der Waals surface area contributed by atoms with Crippen LogP contribution >= 0.6 is 0 Å². The van der Waals surface area contributed by atoms with Crippen molar-refractivity contribution in [3.8, 4) is 0 Å². The van der Waals surface area contributed by atoms with Crippen molar-refractivity contribution in [3.63, 3.8) is 0 Å². The second-order valence-corrected chi connectivity index (χ2v) is 6.29. The molecule has 1 saturated carbocycles. The molecule has 4 nitrogen and oxygen atoms in total. The highest BCUT2D eigenvalue weighted by Gasteiger charge is 2.53. The molecule has 1 aliphatic heterocycles.